The third-order valence-corrected chi connectivity index (χ3v) is 5.71. The van der Waals surface area contributed by atoms with Gasteiger partial charge in [-0.05, 0) is 50.8 Å². The Morgan fingerprint density at radius 3 is 1.97 bits per heavy atom. The van der Waals surface area contributed by atoms with Crippen molar-refractivity contribution < 1.29 is 34.8 Å². The minimum absolute atomic E-state index is 0.858. The first kappa shape index (κ1) is 31.1. The number of imidazole rings is 1. The van der Waals surface area contributed by atoms with Gasteiger partial charge in [0, 0.05) is 50.5 Å². The molecule has 0 amide bonds. The number of carboxylic acid groups (broad SMARTS) is 3. The number of pyridine rings is 1. The van der Waals surface area contributed by atoms with Crippen LogP contribution in [0.25, 0.3) is 5.69 Å². The molecular weight excluding hydrogens is 506 g/mol. The number of rotatable bonds is 13. The van der Waals surface area contributed by atoms with Crippen molar-refractivity contribution in [3.63, 3.8) is 0 Å². The quantitative estimate of drug-likeness (QED) is 0.249. The number of carboxylic acids is 3. The van der Waals surface area contributed by atoms with Crippen LogP contribution < -0.4 is 0 Å². The van der Waals surface area contributed by atoms with E-state index in [9.17, 15) is 14.4 Å². The van der Waals surface area contributed by atoms with Crippen LogP contribution in [0.2, 0.25) is 0 Å². The molecular formula is C27H35N5O7. The fourth-order valence-electron chi connectivity index (χ4n) is 3.66. The Balaban J connectivity index is 0.000000349. The van der Waals surface area contributed by atoms with Gasteiger partial charge < -0.3 is 29.9 Å². The van der Waals surface area contributed by atoms with Gasteiger partial charge in [0.15, 0.2) is 5.60 Å². The molecule has 12 nitrogen and oxygen atoms in total. The standard InChI is InChI=1S/C21H27N5.C6H8O7/c1-18-22-12-13-26(18)21-9-7-19(8-10-21)16-25(15-14-24(2)3)17-20-6-4-5-11-23-20;7-3(8)1-6(13,5(11)12)2-4(9)10/h4-13H,14-17H2,1-3H3;13H,1-2H2,(H,7,8)(H,9,10)(H,11,12). The summed E-state index contributed by atoms with van der Waals surface area (Å²) in [7, 11) is 4.22. The second-order valence-corrected chi connectivity index (χ2v) is 9.32. The zero-order valence-corrected chi connectivity index (χ0v) is 22.3. The van der Waals surface area contributed by atoms with Crippen LogP contribution >= 0.6 is 0 Å². The minimum Gasteiger partial charge on any atom is -0.481 e. The maximum Gasteiger partial charge on any atom is 0.336 e. The Morgan fingerprint density at radius 2 is 1.51 bits per heavy atom. The zero-order chi connectivity index (χ0) is 29.0. The number of aliphatic hydroxyl groups is 1. The number of aliphatic carboxylic acids is 3. The summed E-state index contributed by atoms with van der Waals surface area (Å²) in [5.74, 6) is -4.02. The molecule has 3 aromatic rings. The lowest BCUT2D eigenvalue weighted by atomic mass is 9.96. The molecule has 0 atom stereocenters. The number of hydrogen-bond acceptors (Lipinski definition) is 8. The summed E-state index contributed by atoms with van der Waals surface area (Å²) < 4.78 is 2.10. The molecule has 2 aromatic heterocycles. The highest BCUT2D eigenvalue weighted by molar-refractivity contribution is 5.88. The molecule has 0 saturated heterocycles. The van der Waals surface area contributed by atoms with E-state index in [1.165, 1.54) is 5.56 Å². The van der Waals surface area contributed by atoms with E-state index in [2.05, 4.69) is 74.8 Å². The molecule has 39 heavy (non-hydrogen) atoms. The Labute approximate surface area is 226 Å². The first-order valence-electron chi connectivity index (χ1n) is 12.1. The Morgan fingerprint density at radius 1 is 0.872 bits per heavy atom. The van der Waals surface area contributed by atoms with E-state index in [1.807, 2.05) is 31.6 Å². The molecule has 0 aliphatic heterocycles. The zero-order valence-electron chi connectivity index (χ0n) is 22.3. The fraction of sp³-hybridized carbons (Fsp3) is 0.370. The predicted molar refractivity (Wildman–Crippen MR) is 142 cm³/mol. The van der Waals surface area contributed by atoms with Gasteiger partial charge in [-0.15, -0.1) is 0 Å². The molecule has 2 heterocycles. The van der Waals surface area contributed by atoms with Crippen LogP contribution in [0.15, 0.2) is 61.1 Å². The third-order valence-electron chi connectivity index (χ3n) is 5.71. The molecule has 0 bridgehead atoms. The monoisotopic (exact) mass is 541 g/mol. The van der Waals surface area contributed by atoms with Crippen LogP contribution in [0.3, 0.4) is 0 Å². The highest BCUT2D eigenvalue weighted by atomic mass is 16.4. The molecule has 0 aliphatic carbocycles. The second kappa shape index (κ2) is 14.7. The summed E-state index contributed by atoms with van der Waals surface area (Å²) in [6, 6.07) is 14.8. The molecule has 0 unspecified atom stereocenters. The Bertz CT molecular complexity index is 1200. The molecule has 4 N–H and O–H groups in total. The van der Waals surface area contributed by atoms with Crippen molar-refractivity contribution in [1.29, 1.82) is 0 Å². The normalized spacial score (nSPS) is 11.2. The maximum atomic E-state index is 10.3. The SMILES string of the molecule is Cc1nccn1-c1ccc(CN(CCN(C)C)Cc2ccccn2)cc1.O=C(O)CC(O)(CC(=O)O)C(=O)O. The van der Waals surface area contributed by atoms with E-state index in [4.69, 9.17) is 20.4 Å². The highest BCUT2D eigenvalue weighted by Gasteiger charge is 2.40. The van der Waals surface area contributed by atoms with Crippen molar-refractivity contribution in [2.24, 2.45) is 0 Å². The molecule has 0 aliphatic rings. The van der Waals surface area contributed by atoms with E-state index >= 15 is 0 Å². The summed E-state index contributed by atoms with van der Waals surface area (Å²) in [6.07, 6.45) is 3.40. The molecule has 0 radical (unpaired) electrons. The van der Waals surface area contributed by atoms with Crippen molar-refractivity contribution >= 4 is 17.9 Å². The summed E-state index contributed by atoms with van der Waals surface area (Å²) in [6.45, 7) is 5.82. The van der Waals surface area contributed by atoms with Gasteiger partial charge in [-0.1, -0.05) is 18.2 Å². The molecule has 0 saturated carbocycles. The number of benzene rings is 1. The van der Waals surface area contributed by atoms with Gasteiger partial charge in [0.05, 0.1) is 18.5 Å². The van der Waals surface area contributed by atoms with Crippen molar-refractivity contribution in [3.8, 4) is 5.69 Å². The van der Waals surface area contributed by atoms with E-state index < -0.39 is 36.4 Å². The van der Waals surface area contributed by atoms with Crippen LogP contribution in [-0.4, -0.2) is 95.5 Å². The van der Waals surface area contributed by atoms with Crippen LogP contribution in [0.5, 0.6) is 0 Å². The Kier molecular flexibility index (Phi) is 11.7. The fourth-order valence-corrected chi connectivity index (χ4v) is 3.66. The summed E-state index contributed by atoms with van der Waals surface area (Å²) in [4.78, 5) is 43.9. The molecule has 0 fully saturated rings. The van der Waals surface area contributed by atoms with E-state index in [0.29, 0.717) is 0 Å². The largest absolute Gasteiger partial charge is 0.481 e. The summed E-state index contributed by atoms with van der Waals surface area (Å²) in [5.41, 5.74) is 0.823. The number of nitrogens with zero attached hydrogens (tertiary/aromatic N) is 5. The number of carbonyl (C=O) groups is 3. The van der Waals surface area contributed by atoms with Gasteiger partial charge >= 0.3 is 17.9 Å². The van der Waals surface area contributed by atoms with Gasteiger partial charge in [-0.25, -0.2) is 9.78 Å². The molecule has 0 spiro atoms. The van der Waals surface area contributed by atoms with E-state index in [0.717, 1.165) is 43.4 Å². The first-order chi connectivity index (χ1) is 18.4. The second-order valence-electron chi connectivity index (χ2n) is 9.32. The minimum atomic E-state index is -2.74. The Hall–Kier alpha value is -4.13. The first-order valence-corrected chi connectivity index (χ1v) is 12.1. The third kappa shape index (κ3) is 10.6. The lowest BCUT2D eigenvalue weighted by Gasteiger charge is -2.24. The predicted octanol–water partition coefficient (Wildman–Crippen LogP) is 1.89. The topological polar surface area (TPSA) is 169 Å². The van der Waals surface area contributed by atoms with Gasteiger partial charge in [-0.3, -0.25) is 19.5 Å². The van der Waals surface area contributed by atoms with Crippen LogP contribution in [0.4, 0.5) is 0 Å². The van der Waals surface area contributed by atoms with Gasteiger partial charge in [0.25, 0.3) is 0 Å². The molecule has 12 heteroatoms. The van der Waals surface area contributed by atoms with Crippen molar-refractivity contribution in [1.82, 2.24) is 24.3 Å². The van der Waals surface area contributed by atoms with Gasteiger partial charge in [0.1, 0.15) is 5.82 Å². The van der Waals surface area contributed by atoms with Crippen molar-refractivity contribution in [2.45, 2.75) is 38.5 Å². The lowest BCUT2D eigenvalue weighted by Crippen LogP contribution is -2.42. The summed E-state index contributed by atoms with van der Waals surface area (Å²) >= 11 is 0. The molecule has 3 rings (SSSR count). The van der Waals surface area contributed by atoms with Crippen molar-refractivity contribution in [2.75, 3.05) is 27.2 Å². The average Bonchev–Trinajstić information content (AvgIpc) is 3.28. The summed E-state index contributed by atoms with van der Waals surface area (Å²) in [5, 5.41) is 33.8. The molecule has 1 aromatic carbocycles. The van der Waals surface area contributed by atoms with Crippen LogP contribution in [-0.2, 0) is 27.5 Å². The average molecular weight is 542 g/mol. The number of aromatic nitrogens is 3. The van der Waals surface area contributed by atoms with Crippen LogP contribution in [0, 0.1) is 6.92 Å². The van der Waals surface area contributed by atoms with Gasteiger partial charge in [-0.2, -0.15) is 0 Å². The maximum absolute atomic E-state index is 10.3. The molecule has 210 valence electrons. The van der Waals surface area contributed by atoms with E-state index in [-0.39, 0.29) is 0 Å². The van der Waals surface area contributed by atoms with Crippen molar-refractivity contribution in [3.05, 3.63) is 78.1 Å². The van der Waals surface area contributed by atoms with E-state index in [1.54, 1.807) is 0 Å². The smallest absolute Gasteiger partial charge is 0.336 e. The van der Waals surface area contributed by atoms with Gasteiger partial charge in [0.2, 0.25) is 0 Å². The van der Waals surface area contributed by atoms with Crippen LogP contribution in [0.1, 0.15) is 29.9 Å². The number of hydrogen-bond donors (Lipinski definition) is 4. The number of likely N-dealkylation sites (N-methyl/N-ethyl adjacent to an activating group) is 1. The lowest BCUT2D eigenvalue weighted by molar-refractivity contribution is -0.170. The highest BCUT2D eigenvalue weighted by Crippen LogP contribution is 2.16. The number of aryl methyl sites for hydroxylation is 1.